The molecule has 29 heavy (non-hydrogen) atoms. The SMILES string of the molecule is Cc1ccc(N2CC(C)N(CCCOc3ccc4c(c3)CC(=O)N4)[C@H](C)C2)cc1. The molecule has 2 aromatic carbocycles. The summed E-state index contributed by atoms with van der Waals surface area (Å²) in [5.41, 5.74) is 4.57. The molecule has 2 aliphatic rings. The van der Waals surface area contributed by atoms with Gasteiger partial charge in [0.2, 0.25) is 5.91 Å². The minimum Gasteiger partial charge on any atom is -0.494 e. The summed E-state index contributed by atoms with van der Waals surface area (Å²) >= 11 is 0. The van der Waals surface area contributed by atoms with E-state index in [0.717, 1.165) is 43.1 Å². The number of aryl methyl sites for hydroxylation is 1. The number of hydrogen-bond acceptors (Lipinski definition) is 4. The Morgan fingerprint density at radius 3 is 2.52 bits per heavy atom. The molecule has 1 N–H and O–H groups in total. The van der Waals surface area contributed by atoms with Crippen LogP contribution < -0.4 is 15.0 Å². The molecule has 0 radical (unpaired) electrons. The molecule has 1 amide bonds. The van der Waals surface area contributed by atoms with E-state index in [-0.39, 0.29) is 5.91 Å². The van der Waals surface area contributed by atoms with Crippen molar-refractivity contribution in [1.29, 1.82) is 0 Å². The van der Waals surface area contributed by atoms with Gasteiger partial charge in [-0.15, -0.1) is 0 Å². The van der Waals surface area contributed by atoms with Gasteiger partial charge in [0.1, 0.15) is 5.75 Å². The Bertz CT molecular complexity index is 853. The molecule has 2 aliphatic heterocycles. The standard InChI is InChI=1S/C24H31N3O2/c1-17-5-7-21(8-6-17)26-15-18(2)27(19(3)16-26)11-4-12-29-22-9-10-23-20(13-22)14-24(28)25-23/h5-10,13,18-19H,4,11-12,14-16H2,1-3H3,(H,25,28)/t18-,19?/m1/s1. The van der Waals surface area contributed by atoms with Crippen LogP contribution in [0.3, 0.4) is 0 Å². The van der Waals surface area contributed by atoms with Crippen LogP contribution in [0.2, 0.25) is 0 Å². The molecule has 0 aromatic heterocycles. The van der Waals surface area contributed by atoms with Crippen molar-refractivity contribution in [1.82, 2.24) is 4.90 Å². The average Bonchev–Trinajstić information content (AvgIpc) is 3.06. The number of nitrogens with one attached hydrogen (secondary N) is 1. The Morgan fingerprint density at radius 1 is 1.07 bits per heavy atom. The molecule has 1 saturated heterocycles. The fourth-order valence-electron chi connectivity index (χ4n) is 4.50. The van der Waals surface area contributed by atoms with Gasteiger partial charge in [-0.05, 0) is 63.1 Å². The molecule has 0 bridgehead atoms. The molecule has 4 rings (SSSR count). The third-order valence-electron chi connectivity index (χ3n) is 6.03. The lowest BCUT2D eigenvalue weighted by Crippen LogP contribution is -2.57. The molecule has 2 aromatic rings. The molecule has 2 atom stereocenters. The topological polar surface area (TPSA) is 44.8 Å². The van der Waals surface area contributed by atoms with E-state index in [9.17, 15) is 4.79 Å². The van der Waals surface area contributed by atoms with E-state index in [1.807, 2.05) is 18.2 Å². The van der Waals surface area contributed by atoms with Crippen molar-refractivity contribution in [2.75, 3.05) is 36.5 Å². The minimum atomic E-state index is 0.0601. The molecular weight excluding hydrogens is 362 g/mol. The zero-order valence-electron chi connectivity index (χ0n) is 17.6. The molecule has 0 saturated carbocycles. The van der Waals surface area contributed by atoms with Crippen LogP contribution in [0.15, 0.2) is 42.5 Å². The van der Waals surface area contributed by atoms with Crippen molar-refractivity contribution in [3.8, 4) is 5.75 Å². The highest BCUT2D eigenvalue weighted by molar-refractivity contribution is 5.99. The number of benzene rings is 2. The lowest BCUT2D eigenvalue weighted by molar-refractivity contribution is -0.115. The molecule has 1 fully saturated rings. The Morgan fingerprint density at radius 2 is 1.79 bits per heavy atom. The van der Waals surface area contributed by atoms with E-state index < -0.39 is 0 Å². The van der Waals surface area contributed by atoms with Gasteiger partial charge in [-0.1, -0.05) is 17.7 Å². The molecule has 5 heteroatoms. The number of ether oxygens (including phenoxy) is 1. The zero-order valence-corrected chi connectivity index (χ0v) is 17.6. The molecule has 1 unspecified atom stereocenters. The highest BCUT2D eigenvalue weighted by Gasteiger charge is 2.29. The molecule has 2 heterocycles. The molecule has 5 nitrogen and oxygen atoms in total. The lowest BCUT2D eigenvalue weighted by Gasteiger charge is -2.45. The normalized spacial score (nSPS) is 21.8. The fraction of sp³-hybridized carbons (Fsp3) is 0.458. The van der Waals surface area contributed by atoms with E-state index in [1.54, 1.807) is 0 Å². The molecule has 0 spiro atoms. The van der Waals surface area contributed by atoms with Crippen LogP contribution >= 0.6 is 0 Å². The van der Waals surface area contributed by atoms with Crippen LogP contribution in [-0.2, 0) is 11.2 Å². The van der Waals surface area contributed by atoms with Crippen LogP contribution in [0.1, 0.15) is 31.4 Å². The van der Waals surface area contributed by atoms with Crippen molar-refractivity contribution < 1.29 is 9.53 Å². The first-order chi connectivity index (χ1) is 14.0. The van der Waals surface area contributed by atoms with E-state index in [0.29, 0.717) is 25.1 Å². The maximum atomic E-state index is 11.5. The van der Waals surface area contributed by atoms with Gasteiger partial charge < -0.3 is 15.0 Å². The minimum absolute atomic E-state index is 0.0601. The number of carbonyl (C=O) groups excluding carboxylic acids is 1. The third kappa shape index (κ3) is 4.56. The van der Waals surface area contributed by atoms with E-state index in [1.165, 1.54) is 11.3 Å². The van der Waals surface area contributed by atoms with E-state index >= 15 is 0 Å². The van der Waals surface area contributed by atoms with Crippen LogP contribution in [0.25, 0.3) is 0 Å². The van der Waals surface area contributed by atoms with Gasteiger partial charge in [-0.2, -0.15) is 0 Å². The Labute approximate surface area is 173 Å². The summed E-state index contributed by atoms with van der Waals surface area (Å²) in [7, 11) is 0. The van der Waals surface area contributed by atoms with Crippen LogP contribution in [0.4, 0.5) is 11.4 Å². The Balaban J connectivity index is 1.25. The molecular formula is C24H31N3O2. The summed E-state index contributed by atoms with van der Waals surface area (Å²) in [6.45, 7) is 10.6. The number of anilines is 2. The summed E-state index contributed by atoms with van der Waals surface area (Å²) in [4.78, 5) is 16.6. The van der Waals surface area contributed by atoms with Gasteiger partial charge in [0.05, 0.1) is 13.0 Å². The van der Waals surface area contributed by atoms with Crippen LogP contribution in [-0.4, -0.2) is 49.1 Å². The van der Waals surface area contributed by atoms with E-state index in [2.05, 4.69) is 60.2 Å². The number of carbonyl (C=O) groups is 1. The average molecular weight is 394 g/mol. The van der Waals surface area contributed by atoms with Gasteiger partial charge in [0.15, 0.2) is 0 Å². The number of fused-ring (bicyclic) bond motifs is 1. The predicted molar refractivity (Wildman–Crippen MR) is 118 cm³/mol. The highest BCUT2D eigenvalue weighted by Crippen LogP contribution is 2.27. The first kappa shape index (κ1) is 19.8. The van der Waals surface area contributed by atoms with Gasteiger partial charge in [0, 0.05) is 43.1 Å². The first-order valence-electron chi connectivity index (χ1n) is 10.6. The molecule has 0 aliphatic carbocycles. The van der Waals surface area contributed by atoms with Gasteiger partial charge in [0.25, 0.3) is 0 Å². The Kier molecular flexibility index (Phi) is 5.76. The fourth-order valence-corrected chi connectivity index (χ4v) is 4.50. The summed E-state index contributed by atoms with van der Waals surface area (Å²) in [5.74, 6) is 0.912. The van der Waals surface area contributed by atoms with Crippen LogP contribution in [0, 0.1) is 6.92 Å². The second kappa shape index (κ2) is 8.46. The maximum absolute atomic E-state index is 11.5. The van der Waals surface area contributed by atoms with Crippen molar-refractivity contribution in [3.05, 3.63) is 53.6 Å². The van der Waals surface area contributed by atoms with Gasteiger partial charge in [-0.25, -0.2) is 0 Å². The van der Waals surface area contributed by atoms with Gasteiger partial charge in [-0.3, -0.25) is 9.69 Å². The largest absolute Gasteiger partial charge is 0.494 e. The van der Waals surface area contributed by atoms with E-state index in [4.69, 9.17) is 4.74 Å². The van der Waals surface area contributed by atoms with Crippen molar-refractivity contribution in [2.24, 2.45) is 0 Å². The van der Waals surface area contributed by atoms with Gasteiger partial charge >= 0.3 is 0 Å². The number of piperazine rings is 1. The zero-order chi connectivity index (χ0) is 20.4. The molecule has 154 valence electrons. The summed E-state index contributed by atoms with van der Waals surface area (Å²) in [5, 5.41) is 2.86. The van der Waals surface area contributed by atoms with Crippen molar-refractivity contribution >= 4 is 17.3 Å². The number of nitrogens with zero attached hydrogens (tertiary/aromatic N) is 2. The lowest BCUT2D eigenvalue weighted by atomic mass is 10.1. The maximum Gasteiger partial charge on any atom is 0.228 e. The third-order valence-corrected chi connectivity index (χ3v) is 6.03. The number of hydrogen-bond donors (Lipinski definition) is 1. The monoisotopic (exact) mass is 393 g/mol. The second-order valence-electron chi connectivity index (χ2n) is 8.42. The summed E-state index contributed by atoms with van der Waals surface area (Å²) in [6, 6.07) is 15.7. The smallest absolute Gasteiger partial charge is 0.228 e. The first-order valence-corrected chi connectivity index (χ1v) is 10.6. The Hall–Kier alpha value is -2.53. The summed E-state index contributed by atoms with van der Waals surface area (Å²) < 4.78 is 5.95. The van der Waals surface area contributed by atoms with Crippen molar-refractivity contribution in [2.45, 2.75) is 45.7 Å². The second-order valence-corrected chi connectivity index (χ2v) is 8.42. The van der Waals surface area contributed by atoms with Crippen LogP contribution in [0.5, 0.6) is 5.75 Å². The highest BCUT2D eigenvalue weighted by atomic mass is 16.5. The quantitative estimate of drug-likeness (QED) is 0.757. The number of amides is 1. The predicted octanol–water partition coefficient (Wildman–Crippen LogP) is 3.86. The number of rotatable bonds is 6. The summed E-state index contributed by atoms with van der Waals surface area (Å²) in [6.07, 6.45) is 1.44. The van der Waals surface area contributed by atoms with Crippen molar-refractivity contribution in [3.63, 3.8) is 0 Å².